The Morgan fingerprint density at radius 3 is 2.63 bits per heavy atom. The molecule has 2 aliphatic rings. The molecule has 1 aliphatic carbocycles. The number of H-pyrrole nitrogens is 1. The molecule has 1 saturated heterocycles. The van der Waals surface area contributed by atoms with E-state index in [-0.39, 0.29) is 22.9 Å². The van der Waals surface area contributed by atoms with Gasteiger partial charge in [0, 0.05) is 38.8 Å². The number of aromatic amines is 1. The predicted octanol–water partition coefficient (Wildman–Crippen LogP) is 1.72. The highest BCUT2D eigenvalue weighted by atomic mass is 16.3. The summed E-state index contributed by atoms with van der Waals surface area (Å²) in [5, 5.41) is 13.3. The summed E-state index contributed by atoms with van der Waals surface area (Å²) >= 11 is 0. The predicted molar refractivity (Wildman–Crippen MR) is 144 cm³/mol. The summed E-state index contributed by atoms with van der Waals surface area (Å²) in [5.74, 6) is 0.252. The van der Waals surface area contributed by atoms with Crippen molar-refractivity contribution in [3.05, 3.63) is 69.5 Å². The van der Waals surface area contributed by atoms with Gasteiger partial charge in [0.05, 0.1) is 17.1 Å². The van der Waals surface area contributed by atoms with E-state index in [1.165, 1.54) is 10.8 Å². The number of allylic oxidation sites excluding steroid dienone is 6. The highest BCUT2D eigenvalue weighted by Crippen LogP contribution is 2.24. The first-order valence-corrected chi connectivity index (χ1v) is 12.5. The van der Waals surface area contributed by atoms with Gasteiger partial charge in [-0.25, -0.2) is 15.0 Å². The van der Waals surface area contributed by atoms with E-state index in [4.69, 9.17) is 4.98 Å². The van der Waals surface area contributed by atoms with Crippen LogP contribution >= 0.6 is 0 Å². The molecule has 12 heteroatoms. The Hall–Kier alpha value is -4.61. The lowest BCUT2D eigenvalue weighted by atomic mass is 10.00. The van der Waals surface area contributed by atoms with Crippen molar-refractivity contribution >= 4 is 28.7 Å². The van der Waals surface area contributed by atoms with E-state index >= 15 is 0 Å². The van der Waals surface area contributed by atoms with Crippen LogP contribution in [0.5, 0.6) is 5.75 Å². The van der Waals surface area contributed by atoms with Gasteiger partial charge in [-0.2, -0.15) is 9.50 Å². The molecule has 1 fully saturated rings. The van der Waals surface area contributed by atoms with Crippen LogP contribution in [0, 0.1) is 6.92 Å². The second-order valence-corrected chi connectivity index (χ2v) is 8.99. The number of aliphatic imine (C=N–C) groups is 1. The molecule has 0 bridgehead atoms. The minimum Gasteiger partial charge on any atom is -0.504 e. The number of aromatic hydroxyl groups is 1. The molecular formula is C26H29N9O3. The lowest BCUT2D eigenvalue weighted by Gasteiger charge is -2.36. The molecule has 4 heterocycles. The van der Waals surface area contributed by atoms with Crippen LogP contribution in [0.25, 0.3) is 11.4 Å². The van der Waals surface area contributed by atoms with E-state index in [1.807, 2.05) is 43.1 Å². The van der Waals surface area contributed by atoms with E-state index in [0.29, 0.717) is 61.3 Å². The zero-order chi connectivity index (χ0) is 27.0. The molecule has 196 valence electrons. The SMILES string of the molecule is C/C=C1/C=CC(c2nc3nc(CC)c(N4CCN(C(=O)c5ncnc(C)c5O)CC4)c(=O)n3[nH]2)=CC1=NC. The summed E-state index contributed by atoms with van der Waals surface area (Å²) in [5.41, 5.74) is 3.88. The number of carbonyl (C=O) groups excluding carboxylic acids is 1. The first kappa shape index (κ1) is 25.1. The van der Waals surface area contributed by atoms with Gasteiger partial charge in [0.25, 0.3) is 17.2 Å². The van der Waals surface area contributed by atoms with Crippen molar-refractivity contribution in [3.8, 4) is 5.75 Å². The number of aromatic nitrogens is 6. The molecule has 1 aliphatic heterocycles. The number of anilines is 1. The molecule has 0 unspecified atom stereocenters. The number of amides is 1. The van der Waals surface area contributed by atoms with E-state index in [0.717, 1.165) is 16.9 Å². The molecule has 12 nitrogen and oxygen atoms in total. The van der Waals surface area contributed by atoms with Gasteiger partial charge in [-0.15, -0.1) is 0 Å². The third kappa shape index (κ3) is 4.27. The summed E-state index contributed by atoms with van der Waals surface area (Å²) in [6.07, 6.45) is 9.63. The summed E-state index contributed by atoms with van der Waals surface area (Å²) < 4.78 is 1.37. The van der Waals surface area contributed by atoms with E-state index in [1.54, 1.807) is 18.9 Å². The summed E-state index contributed by atoms with van der Waals surface area (Å²) in [7, 11) is 1.74. The van der Waals surface area contributed by atoms with Crippen LogP contribution in [0.4, 0.5) is 5.69 Å². The van der Waals surface area contributed by atoms with Crippen LogP contribution in [0.2, 0.25) is 0 Å². The van der Waals surface area contributed by atoms with Crippen molar-refractivity contribution in [3.63, 3.8) is 0 Å². The molecule has 0 spiro atoms. The Bertz CT molecular complexity index is 1600. The number of piperazine rings is 1. The van der Waals surface area contributed by atoms with E-state index in [2.05, 4.69) is 25.0 Å². The van der Waals surface area contributed by atoms with Gasteiger partial charge in [-0.3, -0.25) is 19.7 Å². The van der Waals surface area contributed by atoms with Crippen molar-refractivity contribution in [2.45, 2.75) is 27.2 Å². The number of fused-ring (bicyclic) bond motifs is 1. The highest BCUT2D eigenvalue weighted by Gasteiger charge is 2.29. The van der Waals surface area contributed by atoms with Crippen molar-refractivity contribution in [2.24, 2.45) is 4.99 Å². The quantitative estimate of drug-likeness (QED) is 0.534. The maximum atomic E-state index is 13.7. The molecule has 0 saturated carbocycles. The summed E-state index contributed by atoms with van der Waals surface area (Å²) in [4.78, 5) is 51.7. The summed E-state index contributed by atoms with van der Waals surface area (Å²) in [6, 6.07) is 0. The zero-order valence-electron chi connectivity index (χ0n) is 21.8. The molecule has 0 atom stereocenters. The molecular weight excluding hydrogens is 486 g/mol. The fourth-order valence-corrected chi connectivity index (χ4v) is 4.68. The minimum atomic E-state index is -0.364. The first-order chi connectivity index (χ1) is 18.4. The molecule has 0 radical (unpaired) electrons. The Balaban J connectivity index is 1.43. The fraction of sp³-hybridized carbons (Fsp3) is 0.346. The lowest BCUT2D eigenvalue weighted by molar-refractivity contribution is 0.0737. The topological polar surface area (TPSA) is 145 Å². The molecule has 3 aromatic rings. The fourth-order valence-electron chi connectivity index (χ4n) is 4.68. The largest absolute Gasteiger partial charge is 0.504 e. The van der Waals surface area contributed by atoms with Gasteiger partial charge in [-0.05, 0) is 31.9 Å². The van der Waals surface area contributed by atoms with Gasteiger partial charge in [0.2, 0.25) is 0 Å². The van der Waals surface area contributed by atoms with Gasteiger partial charge in [0.1, 0.15) is 12.0 Å². The van der Waals surface area contributed by atoms with Crippen LogP contribution in [0.1, 0.15) is 41.5 Å². The number of hydrogen-bond donors (Lipinski definition) is 2. The summed E-state index contributed by atoms with van der Waals surface area (Å²) in [6.45, 7) is 7.12. The van der Waals surface area contributed by atoms with Crippen molar-refractivity contribution in [1.29, 1.82) is 0 Å². The molecule has 3 aromatic heterocycles. The lowest BCUT2D eigenvalue weighted by Crippen LogP contribution is -2.50. The van der Waals surface area contributed by atoms with Gasteiger partial charge in [-0.1, -0.05) is 25.2 Å². The van der Waals surface area contributed by atoms with Gasteiger partial charge < -0.3 is 14.9 Å². The van der Waals surface area contributed by atoms with Crippen LogP contribution in [0.3, 0.4) is 0 Å². The second kappa shape index (κ2) is 10.0. The molecule has 1 amide bonds. The van der Waals surface area contributed by atoms with Crippen molar-refractivity contribution in [1.82, 2.24) is 34.4 Å². The Kier molecular flexibility index (Phi) is 6.62. The third-order valence-electron chi connectivity index (χ3n) is 6.83. The Morgan fingerprint density at radius 2 is 1.95 bits per heavy atom. The zero-order valence-corrected chi connectivity index (χ0v) is 21.8. The smallest absolute Gasteiger partial charge is 0.297 e. The first-order valence-electron chi connectivity index (χ1n) is 12.5. The Labute approximate surface area is 218 Å². The third-order valence-corrected chi connectivity index (χ3v) is 6.83. The number of hydrogen-bond acceptors (Lipinski definition) is 9. The van der Waals surface area contributed by atoms with Crippen LogP contribution < -0.4 is 10.5 Å². The minimum absolute atomic E-state index is 0.0165. The average Bonchev–Trinajstić information content (AvgIpc) is 3.38. The highest BCUT2D eigenvalue weighted by molar-refractivity contribution is 6.16. The molecule has 5 rings (SSSR count). The molecule has 0 aromatic carbocycles. The van der Waals surface area contributed by atoms with Crippen LogP contribution in [-0.2, 0) is 6.42 Å². The van der Waals surface area contributed by atoms with E-state index in [9.17, 15) is 14.7 Å². The maximum absolute atomic E-state index is 13.7. The number of nitrogens with one attached hydrogen (secondary N) is 1. The maximum Gasteiger partial charge on any atom is 0.297 e. The standard InChI is InChI=1S/C26H29N9O3/c1-5-16-7-8-17(13-19(16)27-4)23-31-26-30-18(6-2)21(25(38)35(26)32-23)33-9-11-34(12-10-33)24(37)20-22(36)15(3)28-14-29-20/h5,7-8,13-14,36H,6,9-12H2,1-4H3,(H,30,31,32)/b16-5-,27-19?. The molecule has 2 N–H and O–H groups in total. The molecule has 38 heavy (non-hydrogen) atoms. The van der Waals surface area contributed by atoms with Crippen LogP contribution in [0.15, 0.2) is 46.0 Å². The van der Waals surface area contributed by atoms with E-state index < -0.39 is 0 Å². The van der Waals surface area contributed by atoms with Gasteiger partial charge >= 0.3 is 0 Å². The Morgan fingerprint density at radius 1 is 1.18 bits per heavy atom. The number of nitrogens with zero attached hydrogens (tertiary/aromatic N) is 8. The van der Waals surface area contributed by atoms with Gasteiger partial charge in [0.15, 0.2) is 17.3 Å². The van der Waals surface area contributed by atoms with Crippen molar-refractivity contribution < 1.29 is 9.90 Å². The normalized spacial score (nSPS) is 18.1. The van der Waals surface area contributed by atoms with Crippen LogP contribution in [-0.4, -0.2) is 84.4 Å². The number of rotatable bonds is 4. The van der Waals surface area contributed by atoms with Crippen molar-refractivity contribution in [2.75, 3.05) is 38.1 Å². The number of aryl methyl sites for hydroxylation is 2. The number of carbonyl (C=O) groups is 1. The average molecular weight is 516 g/mol. The second-order valence-electron chi connectivity index (χ2n) is 8.99. The monoisotopic (exact) mass is 515 g/mol.